The molecule has 6 nitrogen and oxygen atoms in total. The fourth-order valence-electron chi connectivity index (χ4n) is 1.52. The summed E-state index contributed by atoms with van der Waals surface area (Å²) in [5, 5.41) is 11.3. The summed E-state index contributed by atoms with van der Waals surface area (Å²) in [6, 6.07) is 7.50. The van der Waals surface area contributed by atoms with Crippen LogP contribution in [0.25, 0.3) is 0 Å². The van der Waals surface area contributed by atoms with E-state index in [4.69, 9.17) is 15.6 Å². The second kappa shape index (κ2) is 8.10. The summed E-state index contributed by atoms with van der Waals surface area (Å²) in [5.41, 5.74) is 5.33. The molecule has 1 aromatic rings. The molecule has 0 saturated heterocycles. The van der Waals surface area contributed by atoms with Crippen LogP contribution in [0.2, 0.25) is 0 Å². The highest BCUT2D eigenvalue weighted by Crippen LogP contribution is 2.09. The number of carbonyl (C=O) groups is 2. The van der Waals surface area contributed by atoms with Crippen molar-refractivity contribution in [2.75, 3.05) is 6.54 Å². The van der Waals surface area contributed by atoms with Gasteiger partial charge in [0.05, 0.1) is 0 Å². The Balaban J connectivity index is 2.45. The molecule has 0 saturated carbocycles. The van der Waals surface area contributed by atoms with Crippen LogP contribution in [-0.4, -0.2) is 29.8 Å². The molecule has 0 spiro atoms. The summed E-state index contributed by atoms with van der Waals surface area (Å²) in [6.07, 6.45) is 0.917. The Morgan fingerprint density at radius 3 is 2.53 bits per heavy atom. The van der Waals surface area contributed by atoms with E-state index >= 15 is 0 Å². The highest BCUT2D eigenvalue weighted by molar-refractivity contribution is 5.80. The van der Waals surface area contributed by atoms with Crippen LogP contribution in [0.5, 0.6) is 5.75 Å². The molecule has 0 aliphatic rings. The number of carbonyl (C=O) groups excluding carboxylic acids is 1. The maximum Gasteiger partial charge on any atom is 0.413 e. The lowest BCUT2D eigenvalue weighted by atomic mass is 10.1. The van der Waals surface area contributed by atoms with Crippen molar-refractivity contribution in [2.45, 2.75) is 25.3 Å². The summed E-state index contributed by atoms with van der Waals surface area (Å²) in [5.74, 6) is -0.715. The number of ether oxygens (including phenoxy) is 1. The average molecular weight is 266 g/mol. The third-order valence-electron chi connectivity index (χ3n) is 2.49. The van der Waals surface area contributed by atoms with Crippen LogP contribution in [0.1, 0.15) is 19.3 Å². The number of aliphatic carboxylic acids is 1. The van der Waals surface area contributed by atoms with E-state index < -0.39 is 18.1 Å². The number of unbranched alkanes of at least 4 members (excludes halogenated alkanes) is 1. The van der Waals surface area contributed by atoms with E-state index in [1.807, 2.05) is 0 Å². The number of hydrogen-bond donors (Lipinski definition) is 3. The Kier molecular flexibility index (Phi) is 6.38. The van der Waals surface area contributed by atoms with Crippen molar-refractivity contribution >= 4 is 12.1 Å². The average Bonchev–Trinajstić information content (AvgIpc) is 2.38. The lowest BCUT2D eigenvalue weighted by Gasteiger charge is -2.14. The van der Waals surface area contributed by atoms with Gasteiger partial charge in [-0.3, -0.25) is 0 Å². The van der Waals surface area contributed by atoms with E-state index in [1.165, 1.54) is 0 Å². The number of nitrogens with one attached hydrogen (secondary N) is 1. The van der Waals surface area contributed by atoms with Gasteiger partial charge in [-0.05, 0) is 37.9 Å². The summed E-state index contributed by atoms with van der Waals surface area (Å²) in [7, 11) is 0. The largest absolute Gasteiger partial charge is 0.480 e. The topological polar surface area (TPSA) is 102 Å². The van der Waals surface area contributed by atoms with Gasteiger partial charge in [0.2, 0.25) is 0 Å². The van der Waals surface area contributed by atoms with Gasteiger partial charge >= 0.3 is 12.1 Å². The molecule has 0 aromatic heterocycles. The molecular weight excluding hydrogens is 248 g/mol. The van der Waals surface area contributed by atoms with Gasteiger partial charge in [0, 0.05) is 0 Å². The molecule has 0 aliphatic heterocycles. The third-order valence-corrected chi connectivity index (χ3v) is 2.49. The van der Waals surface area contributed by atoms with Crippen molar-refractivity contribution in [3.8, 4) is 5.75 Å². The van der Waals surface area contributed by atoms with E-state index in [9.17, 15) is 9.59 Å². The van der Waals surface area contributed by atoms with Crippen LogP contribution in [0.3, 0.4) is 0 Å². The van der Waals surface area contributed by atoms with Gasteiger partial charge in [0.1, 0.15) is 11.8 Å². The van der Waals surface area contributed by atoms with E-state index in [2.05, 4.69) is 5.32 Å². The van der Waals surface area contributed by atoms with Crippen molar-refractivity contribution < 1.29 is 19.4 Å². The third kappa shape index (κ3) is 5.87. The fraction of sp³-hybridized carbons (Fsp3) is 0.385. The second-order valence-electron chi connectivity index (χ2n) is 4.02. The lowest BCUT2D eigenvalue weighted by Crippen LogP contribution is -2.42. The normalized spacial score (nSPS) is 11.6. The van der Waals surface area contributed by atoms with Crippen molar-refractivity contribution in [1.29, 1.82) is 0 Å². The van der Waals surface area contributed by atoms with Crippen molar-refractivity contribution in [2.24, 2.45) is 5.73 Å². The molecule has 1 aromatic carbocycles. The van der Waals surface area contributed by atoms with Gasteiger partial charge in [-0.2, -0.15) is 0 Å². The quantitative estimate of drug-likeness (QED) is 0.647. The maximum atomic E-state index is 11.5. The van der Waals surface area contributed by atoms with Crippen LogP contribution in [0, 0.1) is 0 Å². The molecule has 104 valence electrons. The maximum absolute atomic E-state index is 11.5. The predicted molar refractivity (Wildman–Crippen MR) is 69.9 cm³/mol. The van der Waals surface area contributed by atoms with Crippen LogP contribution in [0.15, 0.2) is 30.3 Å². The minimum atomic E-state index is -1.08. The first-order valence-electron chi connectivity index (χ1n) is 6.09. The van der Waals surface area contributed by atoms with Crippen LogP contribution in [-0.2, 0) is 4.79 Å². The Morgan fingerprint density at radius 2 is 1.95 bits per heavy atom. The van der Waals surface area contributed by atoms with Gasteiger partial charge in [-0.1, -0.05) is 18.2 Å². The zero-order valence-electron chi connectivity index (χ0n) is 10.5. The van der Waals surface area contributed by atoms with E-state index in [-0.39, 0.29) is 0 Å². The molecular formula is C13H18N2O4. The van der Waals surface area contributed by atoms with E-state index in [1.54, 1.807) is 30.3 Å². The molecule has 19 heavy (non-hydrogen) atoms. The summed E-state index contributed by atoms with van der Waals surface area (Å²) in [6.45, 7) is 0.501. The highest BCUT2D eigenvalue weighted by Gasteiger charge is 2.20. The van der Waals surface area contributed by atoms with Gasteiger partial charge in [-0.15, -0.1) is 0 Å². The molecule has 0 heterocycles. The van der Waals surface area contributed by atoms with Crippen LogP contribution < -0.4 is 15.8 Å². The van der Waals surface area contributed by atoms with Crippen LogP contribution in [0.4, 0.5) is 4.79 Å². The fourth-order valence-corrected chi connectivity index (χ4v) is 1.52. The Hall–Kier alpha value is -2.08. The first-order valence-corrected chi connectivity index (χ1v) is 6.09. The molecule has 4 N–H and O–H groups in total. The number of para-hydroxylation sites is 1. The monoisotopic (exact) mass is 266 g/mol. The Labute approximate surface area is 111 Å². The smallest absolute Gasteiger partial charge is 0.413 e. The first kappa shape index (κ1) is 15.0. The minimum absolute atomic E-state index is 0.330. The molecule has 1 rings (SSSR count). The SMILES string of the molecule is NCCCCC(NC(=O)Oc1ccccc1)C(=O)O. The second-order valence-corrected chi connectivity index (χ2v) is 4.02. The number of hydrogen-bond acceptors (Lipinski definition) is 4. The number of carboxylic acid groups (broad SMARTS) is 1. The highest BCUT2D eigenvalue weighted by atomic mass is 16.6. The van der Waals surface area contributed by atoms with E-state index in [0.717, 1.165) is 6.42 Å². The first-order chi connectivity index (χ1) is 9.13. The zero-order valence-corrected chi connectivity index (χ0v) is 10.5. The number of nitrogens with two attached hydrogens (primary N) is 1. The number of carboxylic acids is 1. The molecule has 1 atom stereocenters. The van der Waals surface area contributed by atoms with Crippen molar-refractivity contribution in [1.82, 2.24) is 5.32 Å². The minimum Gasteiger partial charge on any atom is -0.480 e. The number of benzene rings is 1. The Morgan fingerprint density at radius 1 is 1.26 bits per heavy atom. The lowest BCUT2D eigenvalue weighted by molar-refractivity contribution is -0.139. The molecule has 0 radical (unpaired) electrons. The van der Waals surface area contributed by atoms with Gasteiger partial charge < -0.3 is 20.9 Å². The van der Waals surface area contributed by atoms with Gasteiger partial charge in [0.15, 0.2) is 0 Å². The zero-order chi connectivity index (χ0) is 14.1. The molecule has 0 aliphatic carbocycles. The number of rotatable bonds is 7. The molecule has 0 fully saturated rings. The Bertz CT molecular complexity index is 408. The number of amides is 1. The predicted octanol–water partition coefficient (Wildman–Crippen LogP) is 1.36. The molecule has 1 amide bonds. The molecule has 0 bridgehead atoms. The van der Waals surface area contributed by atoms with E-state index in [0.29, 0.717) is 25.1 Å². The van der Waals surface area contributed by atoms with Gasteiger partial charge in [0.25, 0.3) is 0 Å². The summed E-state index contributed by atoms with van der Waals surface area (Å²) in [4.78, 5) is 22.5. The van der Waals surface area contributed by atoms with Crippen molar-refractivity contribution in [3.05, 3.63) is 30.3 Å². The van der Waals surface area contributed by atoms with Crippen molar-refractivity contribution in [3.63, 3.8) is 0 Å². The summed E-state index contributed by atoms with van der Waals surface area (Å²) >= 11 is 0. The van der Waals surface area contributed by atoms with Gasteiger partial charge in [-0.25, -0.2) is 9.59 Å². The van der Waals surface area contributed by atoms with Crippen LogP contribution >= 0.6 is 0 Å². The summed E-state index contributed by atoms with van der Waals surface area (Å²) < 4.78 is 4.96. The molecule has 1 unspecified atom stereocenters. The molecule has 6 heteroatoms. The standard InChI is InChI=1S/C13H18N2O4/c14-9-5-4-8-11(12(16)17)15-13(18)19-10-6-2-1-3-7-10/h1-3,6-7,11H,4-5,8-9,14H2,(H,15,18)(H,16,17).